The van der Waals surface area contributed by atoms with Crippen LogP contribution in [0.1, 0.15) is 197 Å². The molecule has 116 heavy (non-hydrogen) atoms. The number of rotatable bonds is 58. The number of nitrogens with zero attached hydrogens (tertiary/aromatic N) is 1. The fourth-order valence-corrected chi connectivity index (χ4v) is 12.4. The SMILES string of the molecule is CC(C)C[C@H](NC(=O)CNC(=O)[C@H](C)NC(=O)[C@H](CCC(N)=O)NC(=O)[C@H](CC(C)C)NC(=O)[C@H](CC(C)C)NC(=O)[C@H](Cc1ccccc1)NC(=O)[C@H](CCCCN)NC(=O)[C@H](CCCN=C(N)N)NC(=O)CNC(=O)[C@H](CC(C)C)NC(=O)[C@@H]1CCCN1)C(=O)N[C@@H](CCCCN)C(=O)N[C@@H](C)C(=O)N[C@@H](CCCCN)C(=O)O. The summed E-state index contributed by atoms with van der Waals surface area (Å²) in [7, 11) is 0. The number of unbranched alkanes of at least 4 members (excludes halogenated alkanes) is 3. The van der Waals surface area contributed by atoms with E-state index in [4.69, 9.17) is 34.4 Å². The van der Waals surface area contributed by atoms with Crippen molar-refractivity contribution in [2.75, 3.05) is 45.8 Å². The smallest absolute Gasteiger partial charge is 0.326 e. The highest BCUT2D eigenvalue weighted by Crippen LogP contribution is 2.16. The molecule has 1 aliphatic rings. The van der Waals surface area contributed by atoms with Gasteiger partial charge in [0, 0.05) is 19.4 Å². The molecular formula is C77H134N22O17. The molecule has 13 atom stereocenters. The summed E-state index contributed by atoms with van der Waals surface area (Å²) in [6.07, 6.45) is 3.47. The maximum Gasteiger partial charge on any atom is 0.326 e. The van der Waals surface area contributed by atoms with Gasteiger partial charge in [-0.25, -0.2) is 4.79 Å². The predicted octanol–water partition coefficient (Wildman–Crippen LogP) is -3.95. The summed E-state index contributed by atoms with van der Waals surface area (Å²) in [5, 5.41) is 49.3. The van der Waals surface area contributed by atoms with Crippen molar-refractivity contribution in [2.24, 2.45) is 63.1 Å². The van der Waals surface area contributed by atoms with Crippen LogP contribution in [0.25, 0.3) is 0 Å². The van der Waals surface area contributed by atoms with E-state index in [0.29, 0.717) is 63.6 Å². The molecule has 39 heteroatoms. The van der Waals surface area contributed by atoms with Crippen LogP contribution in [0.5, 0.6) is 0 Å². The fourth-order valence-electron chi connectivity index (χ4n) is 12.4. The van der Waals surface area contributed by atoms with Crippen molar-refractivity contribution in [3.05, 3.63) is 35.9 Å². The molecule has 1 aliphatic heterocycles. The van der Waals surface area contributed by atoms with Gasteiger partial charge in [-0.15, -0.1) is 0 Å². The predicted molar refractivity (Wildman–Crippen MR) is 434 cm³/mol. The van der Waals surface area contributed by atoms with Gasteiger partial charge < -0.3 is 119 Å². The van der Waals surface area contributed by atoms with Gasteiger partial charge in [0.15, 0.2) is 5.96 Å². The first-order valence-corrected chi connectivity index (χ1v) is 40.4. The molecule has 15 amide bonds. The van der Waals surface area contributed by atoms with Gasteiger partial charge in [0.05, 0.1) is 19.1 Å². The molecule has 1 heterocycles. The minimum absolute atomic E-state index is 0.00285. The molecule has 1 aromatic rings. The molecule has 2 rings (SSSR count). The third kappa shape index (κ3) is 41.9. The quantitative estimate of drug-likeness (QED) is 0.0168. The molecule has 1 saturated heterocycles. The number of carboxylic acid groups (broad SMARTS) is 1. The van der Waals surface area contributed by atoms with Gasteiger partial charge >= 0.3 is 5.97 Å². The summed E-state index contributed by atoms with van der Waals surface area (Å²) < 4.78 is 0. The van der Waals surface area contributed by atoms with Crippen LogP contribution in [0, 0.1) is 23.7 Å². The Morgan fingerprint density at radius 2 is 0.759 bits per heavy atom. The summed E-state index contributed by atoms with van der Waals surface area (Å²) in [4.78, 5) is 223. The van der Waals surface area contributed by atoms with Gasteiger partial charge in [0.25, 0.3) is 0 Å². The zero-order valence-electron chi connectivity index (χ0n) is 69.2. The summed E-state index contributed by atoms with van der Waals surface area (Å²) in [5.41, 5.74) is 34.3. The van der Waals surface area contributed by atoms with Gasteiger partial charge in [0.1, 0.15) is 72.5 Å². The Morgan fingerprint density at radius 3 is 1.18 bits per heavy atom. The third-order valence-corrected chi connectivity index (χ3v) is 18.7. The van der Waals surface area contributed by atoms with Crippen LogP contribution in [-0.4, -0.2) is 230 Å². The Balaban J connectivity index is 2.40. The van der Waals surface area contributed by atoms with Crippen molar-refractivity contribution in [3.63, 3.8) is 0 Å². The molecule has 0 aliphatic carbocycles. The molecule has 0 radical (unpaired) electrons. The number of hydrogen-bond acceptors (Lipinski definition) is 21. The van der Waals surface area contributed by atoms with Crippen molar-refractivity contribution >= 4 is 101 Å². The zero-order valence-corrected chi connectivity index (χ0v) is 69.2. The van der Waals surface area contributed by atoms with Gasteiger partial charge in [-0.3, -0.25) is 76.9 Å². The Morgan fingerprint density at radius 1 is 0.405 bits per heavy atom. The average molecular weight is 1640 g/mol. The van der Waals surface area contributed by atoms with E-state index in [1.807, 2.05) is 13.8 Å². The number of aliphatic carboxylic acids is 1. The van der Waals surface area contributed by atoms with Crippen molar-refractivity contribution < 1.29 is 81.8 Å². The normalized spacial score (nSPS) is 15.6. The minimum atomic E-state index is -1.57. The topological polar surface area (TPSA) is 642 Å². The van der Waals surface area contributed by atoms with E-state index < -0.39 is 193 Å². The Labute approximate surface area is 680 Å². The highest BCUT2D eigenvalue weighted by atomic mass is 16.4. The number of aliphatic imine (C=N–C) groups is 1. The number of hydrogen-bond donors (Lipinski definition) is 22. The first-order chi connectivity index (χ1) is 54.8. The fraction of sp³-hybridized carbons (Fsp3) is 0.701. The van der Waals surface area contributed by atoms with E-state index in [9.17, 15) is 81.8 Å². The van der Waals surface area contributed by atoms with Crippen molar-refractivity contribution in [2.45, 2.75) is 276 Å². The molecule has 1 fully saturated rings. The molecule has 39 nitrogen and oxygen atoms in total. The maximum atomic E-state index is 14.9. The number of carbonyl (C=O) groups excluding carboxylic acids is 15. The lowest BCUT2D eigenvalue weighted by molar-refractivity contribution is -0.142. The molecule has 0 saturated carbocycles. The Kier molecular flexibility index (Phi) is 48.7. The highest BCUT2D eigenvalue weighted by Gasteiger charge is 2.37. The molecule has 1 aromatic carbocycles. The molecule has 0 unspecified atom stereocenters. The van der Waals surface area contributed by atoms with Gasteiger partial charge in [0.2, 0.25) is 88.6 Å². The average Bonchev–Trinajstić information content (AvgIpc) is 1.73. The van der Waals surface area contributed by atoms with Crippen LogP contribution in [0.4, 0.5) is 0 Å². The molecule has 654 valence electrons. The van der Waals surface area contributed by atoms with Crippen molar-refractivity contribution in [3.8, 4) is 0 Å². The first kappa shape index (κ1) is 102. The molecule has 28 N–H and O–H groups in total. The second kappa shape index (κ2) is 55.4. The minimum Gasteiger partial charge on any atom is -0.480 e. The van der Waals surface area contributed by atoms with E-state index >= 15 is 0 Å². The van der Waals surface area contributed by atoms with E-state index in [1.165, 1.54) is 13.8 Å². The van der Waals surface area contributed by atoms with Crippen LogP contribution >= 0.6 is 0 Å². The maximum absolute atomic E-state index is 14.9. The summed E-state index contributed by atoms with van der Waals surface area (Å²) in [5.74, 6) is -14.2. The van der Waals surface area contributed by atoms with E-state index in [0.717, 1.165) is 6.42 Å². The number of carboxylic acids is 1. The van der Waals surface area contributed by atoms with Crippen molar-refractivity contribution in [1.82, 2.24) is 79.8 Å². The number of guanidine groups is 1. The number of nitrogens with two attached hydrogens (primary N) is 6. The van der Waals surface area contributed by atoms with Crippen LogP contribution in [-0.2, 0) is 83.1 Å². The lowest BCUT2D eigenvalue weighted by atomic mass is 9.98. The van der Waals surface area contributed by atoms with Crippen LogP contribution in [0.15, 0.2) is 35.3 Å². The third-order valence-electron chi connectivity index (χ3n) is 18.7. The van der Waals surface area contributed by atoms with Crippen LogP contribution < -0.4 is 114 Å². The molecular weight excluding hydrogens is 1500 g/mol. The number of nitrogens with one attached hydrogen (secondary N) is 15. The summed E-state index contributed by atoms with van der Waals surface area (Å²) in [6.45, 7) is 17.1. The Hall–Kier alpha value is -10.1. The zero-order chi connectivity index (χ0) is 87.1. The van der Waals surface area contributed by atoms with Gasteiger partial charge in [-0.1, -0.05) is 85.7 Å². The molecule has 0 aromatic heterocycles. The second-order valence-electron chi connectivity index (χ2n) is 31.1. The van der Waals surface area contributed by atoms with Gasteiger partial charge in [-0.2, -0.15) is 0 Å². The number of amides is 15. The highest BCUT2D eigenvalue weighted by molar-refractivity contribution is 6.00. The molecule has 0 spiro atoms. The standard InChI is InChI=1S/C77H134N22O17/c1-43(2)36-56(96-67(106)50-27-20-34-84-50)66(105)87-42-62(101)90-51(28-21-35-85-77(82)83)70(109)92-53(25-15-18-32-79)71(110)99-60(40-49-22-12-11-13-23-49)75(114)98-59(39-46(7)8)74(113)97-58(38-45(5)6)73(112)94-54(29-30-61(81)100)69(108)88-47(9)64(103)86-41-63(102)91-57(37-44(3)4)72(111)93-52(24-14-17-31-78)68(107)89-48(10)65(104)95-55(76(115)116)26-16-19-33-80/h11-13,22-23,43-48,50-60,84H,14-21,24-42,78-80H2,1-10H3,(H2,81,100)(H,86,103)(H,87,105)(H,88,108)(H,89,107)(H,90,101)(H,91,102)(H,92,109)(H,93,111)(H,94,112)(H,95,104)(H,96,106)(H,97,113)(H,98,114)(H,99,110)(H,115,116)(H4,82,83,85)/t47-,48-,50-,51-,52-,53-,54-,55-,56-,57-,58-,59-,60-/m0/s1. The summed E-state index contributed by atoms with van der Waals surface area (Å²) in [6, 6.07) is -7.72. The second-order valence-corrected chi connectivity index (χ2v) is 31.1. The van der Waals surface area contributed by atoms with Crippen LogP contribution in [0.2, 0.25) is 0 Å². The van der Waals surface area contributed by atoms with E-state index in [2.05, 4.69) is 84.7 Å². The first-order valence-electron chi connectivity index (χ1n) is 40.4. The lowest BCUT2D eigenvalue weighted by Crippen LogP contribution is -2.60. The lowest BCUT2D eigenvalue weighted by Gasteiger charge is -2.29. The van der Waals surface area contributed by atoms with E-state index in [1.54, 1.807) is 71.9 Å². The van der Waals surface area contributed by atoms with Gasteiger partial charge in [-0.05, 0) is 185 Å². The monoisotopic (exact) mass is 1640 g/mol. The number of primary amides is 1. The van der Waals surface area contributed by atoms with E-state index in [-0.39, 0.29) is 119 Å². The van der Waals surface area contributed by atoms with Crippen molar-refractivity contribution in [1.29, 1.82) is 0 Å². The largest absolute Gasteiger partial charge is 0.480 e. The Bertz CT molecular complexity index is 3370. The van der Waals surface area contributed by atoms with Crippen LogP contribution in [0.3, 0.4) is 0 Å². The molecule has 0 bridgehead atoms. The summed E-state index contributed by atoms with van der Waals surface area (Å²) >= 11 is 0. The number of carbonyl (C=O) groups is 16. The number of benzene rings is 1.